The van der Waals surface area contributed by atoms with E-state index in [2.05, 4.69) is 183 Å². The summed E-state index contributed by atoms with van der Waals surface area (Å²) in [4.78, 5) is 2.39. The second-order valence-electron chi connectivity index (χ2n) is 13.4. The van der Waals surface area contributed by atoms with Gasteiger partial charge in [-0.1, -0.05) is 127 Å². The molecule has 226 valence electrons. The number of hydrogen-bond acceptors (Lipinski definition) is 1. The summed E-state index contributed by atoms with van der Waals surface area (Å²) in [5, 5.41) is 5.15. The van der Waals surface area contributed by atoms with Gasteiger partial charge in [0.25, 0.3) is 0 Å². The Morgan fingerprint density at radius 3 is 1.65 bits per heavy atom. The number of para-hydroxylation sites is 1. The topological polar surface area (TPSA) is 3.24 Å². The van der Waals surface area contributed by atoms with Gasteiger partial charge in [0.05, 0.1) is 5.41 Å². The fraction of sp³-hybridized carbons (Fsp3) is 0.0638. The molecule has 2 aliphatic rings. The van der Waals surface area contributed by atoms with Crippen molar-refractivity contribution in [3.63, 3.8) is 0 Å². The van der Waals surface area contributed by atoms with Gasteiger partial charge in [-0.3, -0.25) is 0 Å². The van der Waals surface area contributed by atoms with Crippen LogP contribution in [0.4, 0.5) is 17.1 Å². The number of fused-ring (bicyclic) bond motifs is 14. The second kappa shape index (κ2) is 10.0. The Hall–Kier alpha value is -5.92. The summed E-state index contributed by atoms with van der Waals surface area (Å²) in [5.41, 5.74) is 16.5. The standard InChI is InChI=1S/C47H33N/c1-30-20-23-35(28-31(30)2)48(34-13-4-3-5-14-34)36-24-27-38-33(29-36)22-26-42-41-25-21-32-12-6-7-15-37(32)45(41)47(46(38)42)43-18-10-8-16-39(43)40-17-9-11-19-44(40)47/h3-29H,1-2H3. The Kier molecular flexibility index (Phi) is 5.69. The van der Waals surface area contributed by atoms with Crippen LogP contribution in [0.3, 0.4) is 0 Å². The third-order valence-electron chi connectivity index (χ3n) is 10.9. The molecule has 1 spiro atoms. The molecule has 0 radical (unpaired) electrons. The highest BCUT2D eigenvalue weighted by Gasteiger charge is 2.53. The Labute approximate surface area is 281 Å². The molecule has 48 heavy (non-hydrogen) atoms. The summed E-state index contributed by atoms with van der Waals surface area (Å²) in [7, 11) is 0. The molecular formula is C47H33N. The van der Waals surface area contributed by atoms with Crippen molar-refractivity contribution in [2.24, 2.45) is 0 Å². The van der Waals surface area contributed by atoms with Crippen LogP contribution in [-0.2, 0) is 5.41 Å². The SMILES string of the molecule is Cc1ccc(N(c2ccccc2)c2ccc3c4c(ccc3c2)-c2ccc3ccccc3c2C42c3ccccc3-c3ccccc32)cc1C. The first kappa shape index (κ1) is 27.2. The van der Waals surface area contributed by atoms with Crippen LogP contribution < -0.4 is 4.90 Å². The van der Waals surface area contributed by atoms with E-state index in [0.717, 1.165) is 11.4 Å². The van der Waals surface area contributed by atoms with Gasteiger partial charge >= 0.3 is 0 Å². The Morgan fingerprint density at radius 2 is 0.938 bits per heavy atom. The van der Waals surface area contributed by atoms with E-state index < -0.39 is 5.41 Å². The van der Waals surface area contributed by atoms with Crippen molar-refractivity contribution in [2.45, 2.75) is 19.3 Å². The van der Waals surface area contributed by atoms with Crippen molar-refractivity contribution in [1.82, 2.24) is 0 Å². The Morgan fingerprint density at radius 1 is 0.375 bits per heavy atom. The van der Waals surface area contributed by atoms with Gasteiger partial charge in [0, 0.05) is 17.1 Å². The van der Waals surface area contributed by atoms with Gasteiger partial charge in [-0.25, -0.2) is 0 Å². The lowest BCUT2D eigenvalue weighted by Crippen LogP contribution is -2.26. The molecule has 8 aromatic rings. The summed E-state index contributed by atoms with van der Waals surface area (Å²) in [6, 6.07) is 61.1. The monoisotopic (exact) mass is 611 g/mol. The van der Waals surface area contributed by atoms with E-state index in [1.807, 2.05) is 0 Å². The maximum Gasteiger partial charge on any atom is 0.0737 e. The molecule has 8 aromatic carbocycles. The molecule has 1 nitrogen and oxygen atoms in total. The van der Waals surface area contributed by atoms with Crippen molar-refractivity contribution >= 4 is 38.6 Å². The maximum atomic E-state index is 2.39. The minimum atomic E-state index is -0.424. The molecule has 0 heterocycles. The summed E-state index contributed by atoms with van der Waals surface area (Å²) >= 11 is 0. The highest BCUT2D eigenvalue weighted by atomic mass is 15.1. The quantitative estimate of drug-likeness (QED) is 0.192. The van der Waals surface area contributed by atoms with Crippen LogP contribution in [-0.4, -0.2) is 0 Å². The predicted octanol–water partition coefficient (Wildman–Crippen LogP) is 12.4. The molecule has 2 aliphatic carbocycles. The first-order valence-corrected chi connectivity index (χ1v) is 16.9. The van der Waals surface area contributed by atoms with Crippen LogP contribution >= 0.6 is 0 Å². The molecule has 0 fully saturated rings. The lowest BCUT2D eigenvalue weighted by Gasteiger charge is -2.32. The number of nitrogens with zero attached hydrogens (tertiary/aromatic N) is 1. The molecule has 0 amide bonds. The van der Waals surface area contributed by atoms with Gasteiger partial charge in [-0.2, -0.15) is 0 Å². The maximum absolute atomic E-state index is 2.39. The van der Waals surface area contributed by atoms with Gasteiger partial charge in [0.1, 0.15) is 0 Å². The fourth-order valence-electron chi connectivity index (χ4n) is 8.77. The van der Waals surface area contributed by atoms with Gasteiger partial charge in [-0.15, -0.1) is 0 Å². The molecule has 0 aliphatic heterocycles. The minimum absolute atomic E-state index is 0.424. The predicted molar refractivity (Wildman–Crippen MR) is 202 cm³/mol. The number of aryl methyl sites for hydroxylation is 2. The minimum Gasteiger partial charge on any atom is -0.310 e. The third kappa shape index (κ3) is 3.56. The first-order valence-electron chi connectivity index (χ1n) is 16.9. The average Bonchev–Trinajstić information content (AvgIpc) is 3.61. The third-order valence-corrected chi connectivity index (χ3v) is 10.9. The average molecular weight is 612 g/mol. The van der Waals surface area contributed by atoms with E-state index in [9.17, 15) is 0 Å². The molecule has 10 rings (SSSR count). The first-order chi connectivity index (χ1) is 23.6. The molecule has 0 atom stereocenters. The highest BCUT2D eigenvalue weighted by molar-refractivity contribution is 6.09. The second-order valence-corrected chi connectivity index (χ2v) is 13.4. The fourth-order valence-corrected chi connectivity index (χ4v) is 8.77. The van der Waals surface area contributed by atoms with Gasteiger partial charge in [0.15, 0.2) is 0 Å². The number of anilines is 3. The molecule has 0 N–H and O–H groups in total. The van der Waals surface area contributed by atoms with E-state index in [1.165, 1.54) is 82.9 Å². The van der Waals surface area contributed by atoms with Crippen LogP contribution in [0.15, 0.2) is 164 Å². The van der Waals surface area contributed by atoms with Gasteiger partial charge in [0.2, 0.25) is 0 Å². The van der Waals surface area contributed by atoms with Crippen LogP contribution in [0, 0.1) is 13.8 Å². The van der Waals surface area contributed by atoms with Crippen LogP contribution in [0.25, 0.3) is 43.8 Å². The lowest BCUT2D eigenvalue weighted by atomic mass is 9.68. The van der Waals surface area contributed by atoms with Crippen LogP contribution in [0.1, 0.15) is 33.4 Å². The summed E-state index contributed by atoms with van der Waals surface area (Å²) in [6.45, 7) is 4.38. The molecule has 0 aromatic heterocycles. The van der Waals surface area contributed by atoms with E-state index in [0.29, 0.717) is 0 Å². The smallest absolute Gasteiger partial charge is 0.0737 e. The molecule has 1 heteroatoms. The number of rotatable bonds is 3. The Bertz CT molecular complexity index is 2550. The number of benzene rings is 8. The molecule has 0 saturated heterocycles. The van der Waals surface area contributed by atoms with Crippen molar-refractivity contribution in [1.29, 1.82) is 0 Å². The molecule has 0 bridgehead atoms. The molecular weight excluding hydrogens is 579 g/mol. The van der Waals surface area contributed by atoms with E-state index >= 15 is 0 Å². The lowest BCUT2D eigenvalue weighted by molar-refractivity contribution is 0.809. The zero-order valence-corrected chi connectivity index (χ0v) is 27.0. The van der Waals surface area contributed by atoms with Crippen molar-refractivity contribution in [3.8, 4) is 22.3 Å². The summed E-state index contributed by atoms with van der Waals surface area (Å²) in [5.74, 6) is 0. The van der Waals surface area contributed by atoms with E-state index in [-0.39, 0.29) is 0 Å². The van der Waals surface area contributed by atoms with Gasteiger partial charge < -0.3 is 4.90 Å². The zero-order chi connectivity index (χ0) is 32.0. The highest BCUT2D eigenvalue weighted by Crippen LogP contribution is 2.65. The van der Waals surface area contributed by atoms with Gasteiger partial charge in [-0.05, 0) is 127 Å². The zero-order valence-electron chi connectivity index (χ0n) is 27.0. The van der Waals surface area contributed by atoms with Crippen molar-refractivity contribution in [3.05, 3.63) is 197 Å². The molecule has 0 saturated carbocycles. The van der Waals surface area contributed by atoms with Crippen LogP contribution in [0.2, 0.25) is 0 Å². The van der Waals surface area contributed by atoms with Crippen LogP contribution in [0.5, 0.6) is 0 Å². The normalized spacial score (nSPS) is 13.4. The Balaban J connectivity index is 1.29. The molecule has 0 unspecified atom stereocenters. The van der Waals surface area contributed by atoms with Crippen molar-refractivity contribution in [2.75, 3.05) is 4.90 Å². The van der Waals surface area contributed by atoms with E-state index in [1.54, 1.807) is 0 Å². The van der Waals surface area contributed by atoms with E-state index in [4.69, 9.17) is 0 Å². The summed E-state index contributed by atoms with van der Waals surface area (Å²) in [6.07, 6.45) is 0. The summed E-state index contributed by atoms with van der Waals surface area (Å²) < 4.78 is 0. The van der Waals surface area contributed by atoms with Crippen molar-refractivity contribution < 1.29 is 0 Å². The largest absolute Gasteiger partial charge is 0.310 e. The number of hydrogen-bond donors (Lipinski definition) is 0.